The molecule has 0 amide bonds. The molecule has 1 saturated heterocycles. The fraction of sp³-hybridized carbons (Fsp3) is 0.632. The second-order valence-electron chi connectivity index (χ2n) is 6.39. The van der Waals surface area contributed by atoms with E-state index < -0.39 is 0 Å². The Bertz CT molecular complexity index is 482. The van der Waals surface area contributed by atoms with Gasteiger partial charge in [0.2, 0.25) is 0 Å². The summed E-state index contributed by atoms with van der Waals surface area (Å²) >= 11 is 0. The van der Waals surface area contributed by atoms with E-state index in [0.29, 0.717) is 0 Å². The molecule has 0 spiro atoms. The van der Waals surface area contributed by atoms with E-state index in [4.69, 9.17) is 0 Å². The molecule has 1 aromatic rings. The monoisotopic (exact) mass is 444 g/mol. The first-order valence-electron chi connectivity index (χ1n) is 9.01. The van der Waals surface area contributed by atoms with Crippen LogP contribution in [0.15, 0.2) is 29.3 Å². The van der Waals surface area contributed by atoms with Crippen molar-refractivity contribution in [2.75, 3.05) is 33.2 Å². The number of guanidine groups is 1. The van der Waals surface area contributed by atoms with Crippen molar-refractivity contribution in [3.63, 3.8) is 0 Å². The summed E-state index contributed by atoms with van der Waals surface area (Å²) in [5.41, 5.74) is 2.64. The first-order chi connectivity index (χ1) is 11.3. The predicted octanol–water partition coefficient (Wildman–Crippen LogP) is 3.54. The first kappa shape index (κ1) is 21.2. The topological polar surface area (TPSA) is 39.7 Å². The molecule has 4 nitrogen and oxygen atoms in total. The lowest BCUT2D eigenvalue weighted by molar-refractivity contribution is 0.282. The van der Waals surface area contributed by atoms with Crippen molar-refractivity contribution < 1.29 is 0 Å². The van der Waals surface area contributed by atoms with E-state index in [9.17, 15) is 0 Å². The molecule has 0 aromatic heterocycles. The Morgan fingerprint density at radius 1 is 1.08 bits per heavy atom. The average molecular weight is 444 g/mol. The van der Waals surface area contributed by atoms with Crippen LogP contribution in [0.4, 0.5) is 0 Å². The van der Waals surface area contributed by atoms with Gasteiger partial charge in [0.15, 0.2) is 5.96 Å². The van der Waals surface area contributed by atoms with Gasteiger partial charge in [0, 0.05) is 20.1 Å². The van der Waals surface area contributed by atoms with Crippen molar-refractivity contribution >= 4 is 29.9 Å². The summed E-state index contributed by atoms with van der Waals surface area (Å²) in [6.45, 7) is 7.69. The summed E-state index contributed by atoms with van der Waals surface area (Å²) in [6.07, 6.45) is 6.72. The predicted molar refractivity (Wildman–Crippen MR) is 114 cm³/mol. The van der Waals surface area contributed by atoms with Gasteiger partial charge in [0.05, 0.1) is 0 Å². The zero-order valence-corrected chi connectivity index (χ0v) is 17.5. The quantitative estimate of drug-likeness (QED) is 0.305. The smallest absolute Gasteiger partial charge is 0.191 e. The minimum atomic E-state index is 0. The van der Waals surface area contributed by atoms with E-state index >= 15 is 0 Å². The number of hydrogen-bond acceptors (Lipinski definition) is 2. The molecular weight excluding hydrogens is 411 g/mol. The van der Waals surface area contributed by atoms with E-state index in [2.05, 4.69) is 51.7 Å². The van der Waals surface area contributed by atoms with E-state index in [1.54, 1.807) is 0 Å². The Balaban J connectivity index is 0.00000288. The molecule has 1 aliphatic rings. The third-order valence-corrected chi connectivity index (χ3v) is 4.57. The van der Waals surface area contributed by atoms with E-state index in [1.807, 2.05) is 7.05 Å². The van der Waals surface area contributed by atoms with Gasteiger partial charge in [-0.05, 0) is 56.9 Å². The Morgan fingerprint density at radius 2 is 1.79 bits per heavy atom. The van der Waals surface area contributed by atoms with Crippen LogP contribution in [0.2, 0.25) is 0 Å². The van der Waals surface area contributed by atoms with Crippen LogP contribution in [-0.2, 0) is 6.54 Å². The van der Waals surface area contributed by atoms with E-state index in [1.165, 1.54) is 62.9 Å². The molecule has 5 heteroatoms. The molecule has 0 unspecified atom stereocenters. The molecule has 0 saturated carbocycles. The van der Waals surface area contributed by atoms with Crippen molar-refractivity contribution in [2.24, 2.45) is 4.99 Å². The van der Waals surface area contributed by atoms with Crippen LogP contribution in [0, 0.1) is 6.92 Å². The summed E-state index contributed by atoms with van der Waals surface area (Å²) in [6, 6.07) is 8.47. The second kappa shape index (κ2) is 12.5. The van der Waals surface area contributed by atoms with Gasteiger partial charge in [-0.1, -0.05) is 37.1 Å². The summed E-state index contributed by atoms with van der Waals surface area (Å²) in [7, 11) is 1.84. The number of nitrogens with one attached hydrogen (secondary N) is 2. The van der Waals surface area contributed by atoms with Crippen molar-refractivity contribution in [1.82, 2.24) is 15.5 Å². The SMILES string of the molecule is CN=C(NCCCN1CCCCCC1)NCc1ccccc1C.I. The lowest BCUT2D eigenvalue weighted by Gasteiger charge is -2.20. The molecule has 0 radical (unpaired) electrons. The second-order valence-corrected chi connectivity index (χ2v) is 6.39. The molecule has 1 aromatic carbocycles. The van der Waals surface area contributed by atoms with Crippen LogP contribution in [0.1, 0.15) is 43.2 Å². The normalized spacial score (nSPS) is 16.2. The largest absolute Gasteiger partial charge is 0.356 e. The summed E-state index contributed by atoms with van der Waals surface area (Å²) < 4.78 is 0. The van der Waals surface area contributed by atoms with Gasteiger partial charge >= 0.3 is 0 Å². The molecule has 136 valence electrons. The number of hydrogen-bond donors (Lipinski definition) is 2. The highest BCUT2D eigenvalue weighted by atomic mass is 127. The van der Waals surface area contributed by atoms with Gasteiger partial charge < -0.3 is 15.5 Å². The molecule has 0 bridgehead atoms. The maximum absolute atomic E-state index is 4.31. The Labute approximate surface area is 164 Å². The number of likely N-dealkylation sites (tertiary alicyclic amines) is 1. The van der Waals surface area contributed by atoms with E-state index in [-0.39, 0.29) is 24.0 Å². The number of aliphatic imine (C=N–C) groups is 1. The highest BCUT2D eigenvalue weighted by molar-refractivity contribution is 14.0. The number of nitrogens with zero attached hydrogens (tertiary/aromatic N) is 2. The fourth-order valence-corrected chi connectivity index (χ4v) is 3.08. The molecule has 24 heavy (non-hydrogen) atoms. The van der Waals surface area contributed by atoms with Crippen molar-refractivity contribution in [2.45, 2.75) is 45.6 Å². The zero-order chi connectivity index (χ0) is 16.3. The first-order valence-corrected chi connectivity index (χ1v) is 9.01. The van der Waals surface area contributed by atoms with Gasteiger partial charge in [0.25, 0.3) is 0 Å². The van der Waals surface area contributed by atoms with Gasteiger partial charge in [-0.3, -0.25) is 4.99 Å². The Morgan fingerprint density at radius 3 is 2.46 bits per heavy atom. The number of halogens is 1. The van der Waals surface area contributed by atoms with Crippen LogP contribution in [-0.4, -0.2) is 44.1 Å². The third-order valence-electron chi connectivity index (χ3n) is 4.57. The van der Waals surface area contributed by atoms with Crippen LogP contribution >= 0.6 is 24.0 Å². The fourth-order valence-electron chi connectivity index (χ4n) is 3.08. The maximum atomic E-state index is 4.31. The molecule has 0 aliphatic carbocycles. The number of aryl methyl sites for hydroxylation is 1. The van der Waals surface area contributed by atoms with Gasteiger partial charge in [-0.2, -0.15) is 0 Å². The minimum Gasteiger partial charge on any atom is -0.356 e. The standard InChI is InChI=1S/C19H32N4.HI/c1-17-10-5-6-11-18(17)16-22-19(20-2)21-12-9-15-23-13-7-3-4-8-14-23;/h5-6,10-11H,3-4,7-9,12-16H2,1-2H3,(H2,20,21,22);1H. The van der Waals surface area contributed by atoms with Crippen LogP contribution in [0.25, 0.3) is 0 Å². The van der Waals surface area contributed by atoms with Crippen molar-refractivity contribution in [1.29, 1.82) is 0 Å². The lowest BCUT2D eigenvalue weighted by Crippen LogP contribution is -2.38. The van der Waals surface area contributed by atoms with E-state index in [0.717, 1.165) is 19.0 Å². The Kier molecular flexibility index (Phi) is 11.1. The Hall–Kier alpha value is -0.820. The molecule has 1 heterocycles. The van der Waals surface area contributed by atoms with Crippen LogP contribution in [0.5, 0.6) is 0 Å². The molecule has 2 N–H and O–H groups in total. The number of benzene rings is 1. The molecule has 1 fully saturated rings. The lowest BCUT2D eigenvalue weighted by atomic mass is 10.1. The van der Waals surface area contributed by atoms with Crippen molar-refractivity contribution in [3.8, 4) is 0 Å². The molecule has 1 aliphatic heterocycles. The zero-order valence-electron chi connectivity index (χ0n) is 15.2. The summed E-state index contributed by atoms with van der Waals surface area (Å²) in [5, 5.41) is 6.83. The van der Waals surface area contributed by atoms with Gasteiger partial charge in [-0.15, -0.1) is 24.0 Å². The van der Waals surface area contributed by atoms with Crippen LogP contribution < -0.4 is 10.6 Å². The van der Waals surface area contributed by atoms with Crippen LogP contribution in [0.3, 0.4) is 0 Å². The number of rotatable bonds is 6. The van der Waals surface area contributed by atoms with Crippen molar-refractivity contribution in [3.05, 3.63) is 35.4 Å². The summed E-state index contributed by atoms with van der Waals surface area (Å²) in [4.78, 5) is 6.92. The van der Waals surface area contributed by atoms with Gasteiger partial charge in [0.1, 0.15) is 0 Å². The highest BCUT2D eigenvalue weighted by Gasteiger charge is 2.08. The van der Waals surface area contributed by atoms with Gasteiger partial charge in [-0.25, -0.2) is 0 Å². The summed E-state index contributed by atoms with van der Waals surface area (Å²) in [5.74, 6) is 0.893. The molecular formula is C19H33IN4. The average Bonchev–Trinajstić information content (AvgIpc) is 2.84. The maximum Gasteiger partial charge on any atom is 0.191 e. The molecule has 0 atom stereocenters. The minimum absolute atomic E-state index is 0. The third kappa shape index (κ3) is 7.83. The highest BCUT2D eigenvalue weighted by Crippen LogP contribution is 2.09. The molecule has 2 rings (SSSR count).